The number of anilines is 2. The number of halogens is 3. The van der Waals surface area contributed by atoms with Crippen LogP contribution in [-0.2, 0) is 11.2 Å². The number of alkyl halides is 3. The number of rotatable bonds is 6. The van der Waals surface area contributed by atoms with Gasteiger partial charge in [0.2, 0.25) is 10.3 Å². The molecule has 36 heavy (non-hydrogen) atoms. The normalized spacial score (nSPS) is 15.0. The molecule has 0 fully saturated rings. The zero-order valence-corrected chi connectivity index (χ0v) is 20.3. The van der Waals surface area contributed by atoms with Crippen LogP contribution in [0.4, 0.5) is 23.4 Å². The van der Waals surface area contributed by atoms with E-state index < -0.39 is 18.5 Å². The second kappa shape index (κ2) is 9.63. The summed E-state index contributed by atoms with van der Waals surface area (Å²) in [6.07, 6.45) is -5.42. The molecule has 5 rings (SSSR count). The van der Waals surface area contributed by atoms with Gasteiger partial charge >= 0.3 is 12.1 Å². The molecule has 0 saturated carbocycles. The maximum absolute atomic E-state index is 13.4. The summed E-state index contributed by atoms with van der Waals surface area (Å²) < 4.78 is 38.5. The Morgan fingerprint density at radius 1 is 1.00 bits per heavy atom. The predicted octanol–water partition coefficient (Wildman–Crippen LogP) is 5.90. The number of aryl methyl sites for hydroxylation is 1. The zero-order chi connectivity index (χ0) is 25.3. The third-order valence-corrected chi connectivity index (χ3v) is 7.00. The fraction of sp³-hybridized carbons (Fsp3) is 0.125. The van der Waals surface area contributed by atoms with Gasteiger partial charge in [-0.15, -0.1) is 11.3 Å². The van der Waals surface area contributed by atoms with Crippen molar-refractivity contribution in [2.45, 2.75) is 19.5 Å². The third-order valence-electron chi connectivity index (χ3n) is 5.13. The van der Waals surface area contributed by atoms with E-state index in [-0.39, 0.29) is 21.4 Å². The molecule has 12 heteroatoms. The summed E-state index contributed by atoms with van der Waals surface area (Å²) in [4.78, 5) is 22.1. The molecule has 7 nitrogen and oxygen atoms in total. The lowest BCUT2D eigenvalue weighted by atomic mass is 10.1. The molecule has 2 aromatic heterocycles. The summed E-state index contributed by atoms with van der Waals surface area (Å²) >= 11 is 2.11. The Labute approximate surface area is 211 Å². The van der Waals surface area contributed by atoms with Gasteiger partial charge in [-0.2, -0.15) is 28.4 Å². The van der Waals surface area contributed by atoms with Crippen LogP contribution in [0.25, 0.3) is 11.3 Å². The Kier molecular flexibility index (Phi) is 6.37. The summed E-state index contributed by atoms with van der Waals surface area (Å²) in [5.41, 5.74) is 5.49. The van der Waals surface area contributed by atoms with Gasteiger partial charge in [-0.3, -0.25) is 10.2 Å². The van der Waals surface area contributed by atoms with E-state index in [1.807, 2.05) is 41.8 Å². The molecule has 0 unspecified atom stereocenters. The van der Waals surface area contributed by atoms with E-state index in [0.717, 1.165) is 16.9 Å². The number of nitrogens with zero attached hydrogens (tertiary/aromatic N) is 5. The molecule has 0 radical (unpaired) electrons. The lowest BCUT2D eigenvalue weighted by Crippen LogP contribution is -2.28. The number of hydrazone groups is 2. The van der Waals surface area contributed by atoms with Crippen LogP contribution < -0.4 is 10.4 Å². The largest absolute Gasteiger partial charge is 0.393 e. The fourth-order valence-corrected chi connectivity index (χ4v) is 5.16. The average molecular weight is 527 g/mol. The minimum absolute atomic E-state index is 0.00267. The van der Waals surface area contributed by atoms with Crippen molar-refractivity contribution in [3.8, 4) is 11.3 Å². The highest BCUT2D eigenvalue weighted by atomic mass is 32.1. The number of aromatic nitrogens is 2. The fourth-order valence-electron chi connectivity index (χ4n) is 3.44. The smallest absolute Gasteiger partial charge is 0.265 e. The van der Waals surface area contributed by atoms with Crippen molar-refractivity contribution >= 4 is 50.3 Å². The lowest BCUT2D eigenvalue weighted by molar-refractivity contribution is -0.126. The number of hydrogen-bond donors (Lipinski definition) is 1. The molecule has 0 aliphatic carbocycles. The van der Waals surface area contributed by atoms with Crippen LogP contribution in [0.2, 0.25) is 0 Å². The first-order valence-corrected chi connectivity index (χ1v) is 12.3. The second-order valence-corrected chi connectivity index (χ2v) is 9.62. The molecule has 1 N–H and O–H groups in total. The third kappa shape index (κ3) is 5.04. The summed E-state index contributed by atoms with van der Waals surface area (Å²) in [7, 11) is 0. The molecule has 182 valence electrons. The lowest BCUT2D eigenvalue weighted by Gasteiger charge is -2.06. The van der Waals surface area contributed by atoms with Gasteiger partial charge in [-0.1, -0.05) is 72.0 Å². The van der Waals surface area contributed by atoms with E-state index in [0.29, 0.717) is 22.1 Å². The van der Waals surface area contributed by atoms with Crippen molar-refractivity contribution in [2.24, 2.45) is 10.2 Å². The van der Waals surface area contributed by atoms with Crippen molar-refractivity contribution in [3.05, 3.63) is 82.2 Å². The highest BCUT2D eigenvalue weighted by Crippen LogP contribution is 2.32. The van der Waals surface area contributed by atoms with E-state index in [1.54, 1.807) is 24.3 Å². The monoisotopic (exact) mass is 526 g/mol. The first-order chi connectivity index (χ1) is 17.3. The summed E-state index contributed by atoms with van der Waals surface area (Å²) in [5, 5.41) is 12.2. The maximum Gasteiger partial charge on any atom is 0.393 e. The van der Waals surface area contributed by atoms with E-state index >= 15 is 0 Å². The number of carbonyl (C=O) groups is 1. The van der Waals surface area contributed by atoms with Gasteiger partial charge in [0.05, 0.1) is 17.8 Å². The first kappa shape index (κ1) is 23.8. The molecule has 0 bridgehead atoms. The molecular weight excluding hydrogens is 509 g/mol. The number of benzene rings is 2. The van der Waals surface area contributed by atoms with Crippen LogP contribution in [0.5, 0.6) is 0 Å². The highest BCUT2D eigenvalue weighted by Gasteiger charge is 2.36. The molecule has 2 aromatic carbocycles. The minimum Gasteiger partial charge on any atom is -0.265 e. The van der Waals surface area contributed by atoms with Crippen LogP contribution in [0, 0.1) is 6.92 Å². The van der Waals surface area contributed by atoms with Gasteiger partial charge in [0.25, 0.3) is 0 Å². The molecule has 1 aliphatic rings. The van der Waals surface area contributed by atoms with Gasteiger partial charge in [0, 0.05) is 21.4 Å². The van der Waals surface area contributed by atoms with Crippen molar-refractivity contribution in [1.82, 2.24) is 9.97 Å². The molecule has 1 amide bonds. The molecule has 0 spiro atoms. The van der Waals surface area contributed by atoms with E-state index in [2.05, 4.69) is 25.6 Å². The highest BCUT2D eigenvalue weighted by molar-refractivity contribution is 7.15. The van der Waals surface area contributed by atoms with Crippen molar-refractivity contribution < 1.29 is 18.0 Å². The van der Waals surface area contributed by atoms with Gasteiger partial charge in [-0.25, -0.2) is 9.97 Å². The minimum atomic E-state index is -4.35. The van der Waals surface area contributed by atoms with E-state index in [1.165, 1.54) is 23.3 Å². The molecule has 3 heterocycles. The van der Waals surface area contributed by atoms with Gasteiger partial charge in [-0.05, 0) is 6.92 Å². The van der Waals surface area contributed by atoms with E-state index in [4.69, 9.17) is 0 Å². The topological polar surface area (TPSA) is 82.8 Å². The first-order valence-electron chi connectivity index (χ1n) is 10.6. The number of hydrogen-bond acceptors (Lipinski definition) is 8. The molecule has 4 aromatic rings. The van der Waals surface area contributed by atoms with Crippen molar-refractivity contribution in [3.63, 3.8) is 0 Å². The molecule has 0 saturated heterocycles. The Hall–Kier alpha value is -3.90. The number of thiazole rings is 2. The summed E-state index contributed by atoms with van der Waals surface area (Å²) in [6, 6.07) is 18.6. The van der Waals surface area contributed by atoms with Gasteiger partial charge < -0.3 is 0 Å². The summed E-state index contributed by atoms with van der Waals surface area (Å²) in [6.45, 7) is 1.50. The Bertz CT molecular complexity index is 1460. The standard InChI is InChI=1S/C24H17F3N6OS2/c1-14-18(12-24(25,26)27)36-22(28-14)31-30-20-19(16-10-6-3-7-11-16)32-33(21(20)34)23-29-17(13-35-23)15-8-4-2-5-9-15/h2-11,13H,12H2,1H3,(H,28,31)/b30-20-. The Morgan fingerprint density at radius 3 is 2.33 bits per heavy atom. The molecular formula is C24H17F3N6OS2. The van der Waals surface area contributed by atoms with Crippen LogP contribution in [-0.4, -0.2) is 33.5 Å². The van der Waals surface area contributed by atoms with Crippen LogP contribution in [0.3, 0.4) is 0 Å². The summed E-state index contributed by atoms with van der Waals surface area (Å²) in [5.74, 6) is -0.515. The Balaban J connectivity index is 1.46. The maximum atomic E-state index is 13.4. The van der Waals surface area contributed by atoms with E-state index in [9.17, 15) is 18.0 Å². The number of amides is 1. The average Bonchev–Trinajstić information content (AvgIpc) is 3.56. The van der Waals surface area contributed by atoms with Crippen LogP contribution >= 0.6 is 22.7 Å². The zero-order valence-electron chi connectivity index (χ0n) is 18.7. The van der Waals surface area contributed by atoms with Crippen molar-refractivity contribution in [1.29, 1.82) is 0 Å². The van der Waals surface area contributed by atoms with Gasteiger partial charge in [0.1, 0.15) is 5.71 Å². The number of nitrogens with one attached hydrogen (secondary N) is 1. The van der Waals surface area contributed by atoms with Crippen LogP contribution in [0.15, 0.2) is 76.2 Å². The predicted molar refractivity (Wildman–Crippen MR) is 136 cm³/mol. The molecule has 0 atom stereocenters. The number of carbonyl (C=O) groups excluding carboxylic acids is 1. The Morgan fingerprint density at radius 2 is 1.67 bits per heavy atom. The molecule has 1 aliphatic heterocycles. The van der Waals surface area contributed by atoms with Crippen molar-refractivity contribution in [2.75, 3.05) is 10.4 Å². The second-order valence-electron chi connectivity index (χ2n) is 7.70. The quantitative estimate of drug-likeness (QED) is 0.317. The van der Waals surface area contributed by atoms with Gasteiger partial charge in [0.15, 0.2) is 5.71 Å². The van der Waals surface area contributed by atoms with Crippen LogP contribution in [0.1, 0.15) is 16.1 Å². The SMILES string of the molecule is Cc1nc(N/N=C2\C(=O)N(c3nc(-c4ccccc4)cs3)N=C2c2ccccc2)sc1CC(F)(F)F.